The normalized spacial score (nSPS) is 10.3. The summed E-state index contributed by atoms with van der Waals surface area (Å²) in [5, 5.41) is 7.70. The van der Waals surface area contributed by atoms with Crippen LogP contribution < -0.4 is 5.32 Å². The van der Waals surface area contributed by atoms with E-state index in [0.717, 1.165) is 25.6 Å². The number of amides is 1. The maximum atomic E-state index is 12.1. The Labute approximate surface area is 150 Å². The minimum Gasteiger partial charge on any atom is -0.326 e. The summed E-state index contributed by atoms with van der Waals surface area (Å²) >= 11 is 6.60. The van der Waals surface area contributed by atoms with Crippen molar-refractivity contribution in [3.63, 3.8) is 0 Å². The second-order valence-corrected chi connectivity index (χ2v) is 7.41. The van der Waals surface area contributed by atoms with Gasteiger partial charge in [0.05, 0.1) is 17.0 Å². The van der Waals surface area contributed by atoms with E-state index in [0.29, 0.717) is 5.69 Å². The standard InChI is InChI=1S/C17H11BrN2OS2/c1-2-11-4-3-5-13(6-11)19-16(21)8-14-10-23-17(20-14)15-7-12(18)9-22-15/h1,3-7,9-10H,8H2,(H,19,21). The Hall–Kier alpha value is -1.94. The first-order valence-electron chi connectivity index (χ1n) is 6.69. The number of benzene rings is 1. The number of carbonyl (C=O) groups is 1. The number of carbonyl (C=O) groups excluding carboxylic acids is 1. The molecule has 0 aliphatic carbocycles. The molecule has 3 aromatic rings. The number of terminal acetylenes is 1. The molecule has 0 saturated carbocycles. The Kier molecular flexibility index (Phi) is 4.91. The van der Waals surface area contributed by atoms with E-state index in [1.54, 1.807) is 28.7 Å². The van der Waals surface area contributed by atoms with Crippen LogP contribution in [0.1, 0.15) is 11.3 Å². The van der Waals surface area contributed by atoms with E-state index in [1.165, 1.54) is 0 Å². The highest BCUT2D eigenvalue weighted by atomic mass is 79.9. The summed E-state index contributed by atoms with van der Waals surface area (Å²) in [6, 6.07) is 9.25. The van der Waals surface area contributed by atoms with Crippen LogP contribution in [0.15, 0.2) is 45.6 Å². The first-order valence-corrected chi connectivity index (χ1v) is 9.24. The Morgan fingerprint density at radius 3 is 2.91 bits per heavy atom. The molecule has 3 nitrogen and oxygen atoms in total. The third-order valence-electron chi connectivity index (χ3n) is 2.98. The molecular formula is C17H11BrN2OS2. The van der Waals surface area contributed by atoms with Crippen molar-refractivity contribution in [2.45, 2.75) is 6.42 Å². The van der Waals surface area contributed by atoms with Crippen molar-refractivity contribution >= 4 is 50.2 Å². The maximum Gasteiger partial charge on any atom is 0.230 e. The quantitative estimate of drug-likeness (QED) is 0.636. The van der Waals surface area contributed by atoms with Crippen LogP contribution in [0.3, 0.4) is 0 Å². The van der Waals surface area contributed by atoms with Gasteiger partial charge >= 0.3 is 0 Å². The van der Waals surface area contributed by atoms with E-state index in [1.807, 2.05) is 35.0 Å². The molecule has 1 N–H and O–H groups in total. The van der Waals surface area contributed by atoms with Gasteiger partial charge in [-0.2, -0.15) is 0 Å². The van der Waals surface area contributed by atoms with Crippen molar-refractivity contribution in [1.29, 1.82) is 0 Å². The lowest BCUT2D eigenvalue weighted by molar-refractivity contribution is -0.115. The highest BCUT2D eigenvalue weighted by Crippen LogP contribution is 2.32. The lowest BCUT2D eigenvalue weighted by atomic mass is 10.2. The Morgan fingerprint density at radius 2 is 2.17 bits per heavy atom. The van der Waals surface area contributed by atoms with E-state index in [9.17, 15) is 4.79 Å². The number of rotatable bonds is 4. The molecule has 2 heterocycles. The molecule has 1 aromatic carbocycles. The van der Waals surface area contributed by atoms with Gasteiger partial charge in [0.25, 0.3) is 0 Å². The molecule has 6 heteroatoms. The lowest BCUT2D eigenvalue weighted by Gasteiger charge is -2.04. The van der Waals surface area contributed by atoms with Crippen molar-refractivity contribution in [3.05, 3.63) is 56.8 Å². The second kappa shape index (κ2) is 7.09. The average Bonchev–Trinajstić information content (AvgIpc) is 3.16. The van der Waals surface area contributed by atoms with E-state index in [4.69, 9.17) is 6.42 Å². The molecule has 1 amide bonds. The first kappa shape index (κ1) is 15.9. The van der Waals surface area contributed by atoms with E-state index >= 15 is 0 Å². The van der Waals surface area contributed by atoms with Crippen molar-refractivity contribution in [2.75, 3.05) is 5.32 Å². The number of hydrogen-bond acceptors (Lipinski definition) is 4. The first-order chi connectivity index (χ1) is 11.1. The van der Waals surface area contributed by atoms with Crippen LogP contribution in [0, 0.1) is 12.3 Å². The predicted octanol–water partition coefficient (Wildman–Crippen LogP) is 4.80. The number of thiazole rings is 1. The summed E-state index contributed by atoms with van der Waals surface area (Å²) in [5.74, 6) is 2.44. The zero-order chi connectivity index (χ0) is 16.2. The van der Waals surface area contributed by atoms with Gasteiger partial charge in [0.15, 0.2) is 0 Å². The predicted molar refractivity (Wildman–Crippen MR) is 99.8 cm³/mol. The van der Waals surface area contributed by atoms with Crippen molar-refractivity contribution in [1.82, 2.24) is 4.98 Å². The molecule has 0 fully saturated rings. The Bertz CT molecular complexity index is 892. The number of halogens is 1. The molecule has 114 valence electrons. The van der Waals surface area contributed by atoms with Crippen LogP contribution in [-0.4, -0.2) is 10.9 Å². The van der Waals surface area contributed by atoms with Gasteiger partial charge in [-0.3, -0.25) is 4.79 Å². The molecule has 0 bridgehead atoms. The fraction of sp³-hybridized carbons (Fsp3) is 0.0588. The Morgan fingerprint density at radius 1 is 1.30 bits per heavy atom. The lowest BCUT2D eigenvalue weighted by Crippen LogP contribution is -2.14. The van der Waals surface area contributed by atoms with Crippen LogP contribution >= 0.6 is 38.6 Å². The SMILES string of the molecule is C#Cc1cccc(NC(=O)Cc2csc(-c3cc(Br)cs3)n2)c1. The largest absolute Gasteiger partial charge is 0.326 e. The topological polar surface area (TPSA) is 42.0 Å². The van der Waals surface area contributed by atoms with Gasteiger partial charge in [-0.05, 0) is 40.2 Å². The minimum atomic E-state index is -0.108. The number of nitrogens with one attached hydrogen (secondary N) is 1. The summed E-state index contributed by atoms with van der Waals surface area (Å²) in [7, 11) is 0. The molecule has 0 spiro atoms. The van der Waals surface area contributed by atoms with E-state index < -0.39 is 0 Å². The monoisotopic (exact) mass is 402 g/mol. The van der Waals surface area contributed by atoms with Crippen molar-refractivity contribution < 1.29 is 4.79 Å². The zero-order valence-electron chi connectivity index (χ0n) is 11.9. The van der Waals surface area contributed by atoms with Crippen LogP contribution in [0.2, 0.25) is 0 Å². The van der Waals surface area contributed by atoms with Gasteiger partial charge in [-0.1, -0.05) is 12.0 Å². The number of hydrogen-bond donors (Lipinski definition) is 1. The molecule has 0 radical (unpaired) electrons. The highest BCUT2D eigenvalue weighted by molar-refractivity contribution is 9.10. The van der Waals surface area contributed by atoms with Gasteiger partial charge in [0.1, 0.15) is 5.01 Å². The van der Waals surface area contributed by atoms with Gasteiger partial charge in [0, 0.05) is 26.5 Å². The average molecular weight is 403 g/mol. The van der Waals surface area contributed by atoms with Gasteiger partial charge in [-0.25, -0.2) is 4.98 Å². The summed E-state index contributed by atoms with van der Waals surface area (Å²) in [6.07, 6.45) is 5.60. The highest BCUT2D eigenvalue weighted by Gasteiger charge is 2.11. The van der Waals surface area contributed by atoms with Crippen LogP contribution in [0.25, 0.3) is 9.88 Å². The fourth-order valence-electron chi connectivity index (χ4n) is 1.98. The molecule has 0 aliphatic heterocycles. The Balaban J connectivity index is 1.66. The van der Waals surface area contributed by atoms with Crippen molar-refractivity contribution in [3.8, 4) is 22.2 Å². The van der Waals surface area contributed by atoms with Crippen LogP contribution in [-0.2, 0) is 11.2 Å². The molecule has 2 aromatic heterocycles. The number of anilines is 1. The van der Waals surface area contributed by atoms with Crippen LogP contribution in [0.5, 0.6) is 0 Å². The number of aromatic nitrogens is 1. The molecule has 0 atom stereocenters. The maximum absolute atomic E-state index is 12.1. The molecule has 0 unspecified atom stereocenters. The van der Waals surface area contributed by atoms with Crippen molar-refractivity contribution in [2.24, 2.45) is 0 Å². The minimum absolute atomic E-state index is 0.108. The molecule has 0 aliphatic rings. The summed E-state index contributed by atoms with van der Waals surface area (Å²) in [5.41, 5.74) is 2.20. The summed E-state index contributed by atoms with van der Waals surface area (Å²) in [4.78, 5) is 17.7. The third-order valence-corrected chi connectivity index (χ3v) is 5.74. The van der Waals surface area contributed by atoms with Gasteiger partial charge in [0.2, 0.25) is 5.91 Å². The van der Waals surface area contributed by atoms with Crippen LogP contribution in [0.4, 0.5) is 5.69 Å². The molecule has 0 saturated heterocycles. The second-order valence-electron chi connectivity index (χ2n) is 4.72. The van der Waals surface area contributed by atoms with E-state index in [2.05, 4.69) is 32.2 Å². The molecule has 3 rings (SSSR count). The van der Waals surface area contributed by atoms with E-state index in [-0.39, 0.29) is 12.3 Å². The van der Waals surface area contributed by atoms with Gasteiger partial charge in [-0.15, -0.1) is 29.1 Å². The number of thiophene rings is 1. The summed E-state index contributed by atoms with van der Waals surface area (Å²) in [6.45, 7) is 0. The molecular weight excluding hydrogens is 392 g/mol. The molecule has 23 heavy (non-hydrogen) atoms. The zero-order valence-corrected chi connectivity index (χ0v) is 15.1. The fourth-order valence-corrected chi connectivity index (χ4v) is 4.31. The smallest absolute Gasteiger partial charge is 0.230 e. The summed E-state index contributed by atoms with van der Waals surface area (Å²) < 4.78 is 1.04. The van der Waals surface area contributed by atoms with Gasteiger partial charge < -0.3 is 5.32 Å². The third kappa shape index (κ3) is 4.08. The number of nitrogens with zero attached hydrogens (tertiary/aromatic N) is 1.